The van der Waals surface area contributed by atoms with E-state index in [0.717, 1.165) is 9.87 Å². The fraction of sp³-hybridized carbons (Fsp3) is 0.250. The number of aryl methyl sites for hydroxylation is 1. The Labute approximate surface area is 194 Å². The van der Waals surface area contributed by atoms with Gasteiger partial charge in [0.05, 0.1) is 30.5 Å². The predicted molar refractivity (Wildman–Crippen MR) is 125 cm³/mol. The van der Waals surface area contributed by atoms with E-state index in [-0.39, 0.29) is 30.3 Å². The van der Waals surface area contributed by atoms with Crippen molar-refractivity contribution in [3.05, 3.63) is 84.1 Å². The minimum absolute atomic E-state index is 0.0762. The molecule has 0 aliphatic heterocycles. The third-order valence-corrected chi connectivity index (χ3v) is 7.03. The van der Waals surface area contributed by atoms with Gasteiger partial charge in [-0.25, -0.2) is 13.4 Å². The van der Waals surface area contributed by atoms with Gasteiger partial charge in [0, 0.05) is 19.2 Å². The Morgan fingerprint density at radius 3 is 2.33 bits per heavy atom. The fourth-order valence-electron chi connectivity index (χ4n) is 3.36. The number of anilines is 1. The van der Waals surface area contributed by atoms with Crippen LogP contribution in [-0.2, 0) is 21.4 Å². The number of aliphatic hydroxyl groups is 1. The Kier molecular flexibility index (Phi) is 8.02. The summed E-state index contributed by atoms with van der Waals surface area (Å²) in [6.07, 6.45) is 1.36. The molecule has 3 aromatic rings. The number of hydrogen-bond donors (Lipinski definition) is 1. The van der Waals surface area contributed by atoms with Gasteiger partial charge >= 0.3 is 0 Å². The Bertz CT molecular complexity index is 1170. The number of rotatable bonds is 10. The molecule has 0 aliphatic carbocycles. The van der Waals surface area contributed by atoms with Crippen LogP contribution in [-0.4, -0.2) is 56.1 Å². The molecule has 0 spiro atoms. The minimum Gasteiger partial charge on any atom is -0.481 e. The van der Waals surface area contributed by atoms with Crippen LogP contribution in [0.2, 0.25) is 0 Å². The van der Waals surface area contributed by atoms with Crippen LogP contribution in [0.15, 0.2) is 77.8 Å². The van der Waals surface area contributed by atoms with Crippen LogP contribution in [0, 0.1) is 6.92 Å². The summed E-state index contributed by atoms with van der Waals surface area (Å²) in [5, 5.41) is 9.50. The van der Waals surface area contributed by atoms with Crippen molar-refractivity contribution in [2.24, 2.45) is 0 Å². The molecule has 0 atom stereocenters. The molecular weight excluding hydrogens is 442 g/mol. The van der Waals surface area contributed by atoms with E-state index in [1.54, 1.807) is 31.2 Å². The molecule has 9 heteroatoms. The zero-order chi connectivity index (χ0) is 23.8. The molecule has 0 aliphatic rings. The van der Waals surface area contributed by atoms with Crippen LogP contribution in [0.3, 0.4) is 0 Å². The zero-order valence-corrected chi connectivity index (χ0v) is 19.4. The molecule has 1 N–H and O–H groups in total. The molecule has 0 bridgehead atoms. The van der Waals surface area contributed by atoms with E-state index in [9.17, 15) is 18.3 Å². The van der Waals surface area contributed by atoms with Gasteiger partial charge in [-0.2, -0.15) is 0 Å². The lowest BCUT2D eigenvalue weighted by molar-refractivity contribution is -0.130. The highest BCUT2D eigenvalue weighted by Gasteiger charge is 2.30. The molecule has 0 radical (unpaired) electrons. The number of hydrogen-bond acceptors (Lipinski definition) is 6. The lowest BCUT2D eigenvalue weighted by Crippen LogP contribution is -2.44. The van der Waals surface area contributed by atoms with Crippen molar-refractivity contribution in [3.8, 4) is 5.88 Å². The second kappa shape index (κ2) is 10.9. The summed E-state index contributed by atoms with van der Waals surface area (Å²) in [6.45, 7) is 1.34. The number of carbonyl (C=O) groups is 1. The van der Waals surface area contributed by atoms with E-state index in [2.05, 4.69) is 4.98 Å². The summed E-state index contributed by atoms with van der Waals surface area (Å²) in [5.74, 6) is -0.120. The largest absolute Gasteiger partial charge is 0.481 e. The van der Waals surface area contributed by atoms with Crippen molar-refractivity contribution < 1.29 is 23.1 Å². The number of pyridine rings is 1. The highest BCUT2D eigenvalue weighted by Crippen LogP contribution is 2.26. The quantitative estimate of drug-likeness (QED) is 0.490. The van der Waals surface area contributed by atoms with Gasteiger partial charge in [0.25, 0.3) is 10.0 Å². The number of sulfonamides is 1. The fourth-order valence-corrected chi connectivity index (χ4v) is 4.99. The molecule has 0 saturated carbocycles. The third kappa shape index (κ3) is 5.88. The maximum absolute atomic E-state index is 13.6. The second-order valence-electron chi connectivity index (χ2n) is 7.36. The van der Waals surface area contributed by atoms with Gasteiger partial charge in [-0.15, -0.1) is 0 Å². The summed E-state index contributed by atoms with van der Waals surface area (Å²) >= 11 is 0. The predicted octanol–water partition coefficient (Wildman–Crippen LogP) is 2.62. The summed E-state index contributed by atoms with van der Waals surface area (Å²) in [4.78, 5) is 18.9. The molecule has 0 unspecified atom stereocenters. The Morgan fingerprint density at radius 2 is 1.73 bits per heavy atom. The van der Waals surface area contributed by atoms with Gasteiger partial charge in [0.15, 0.2) is 0 Å². The highest BCUT2D eigenvalue weighted by atomic mass is 32.2. The van der Waals surface area contributed by atoms with Crippen molar-refractivity contribution >= 4 is 21.6 Å². The van der Waals surface area contributed by atoms with Crippen molar-refractivity contribution in [2.75, 3.05) is 31.1 Å². The molecule has 1 aromatic heterocycles. The lowest BCUT2D eigenvalue weighted by atomic mass is 10.2. The zero-order valence-electron chi connectivity index (χ0n) is 18.6. The number of nitrogens with zero attached hydrogens (tertiary/aromatic N) is 3. The summed E-state index contributed by atoms with van der Waals surface area (Å²) in [5.41, 5.74) is 1.67. The number of carbonyl (C=O) groups excluding carboxylic acids is 1. The van der Waals surface area contributed by atoms with Gasteiger partial charge in [0.1, 0.15) is 6.54 Å². The smallest absolute Gasteiger partial charge is 0.265 e. The maximum Gasteiger partial charge on any atom is 0.265 e. The summed E-state index contributed by atoms with van der Waals surface area (Å²) in [6, 6.07) is 19.0. The number of methoxy groups -OCH3 is 1. The molecular formula is C24H27N3O5S. The molecule has 0 saturated heterocycles. The molecule has 2 aromatic carbocycles. The van der Waals surface area contributed by atoms with Crippen LogP contribution in [0.5, 0.6) is 5.88 Å². The second-order valence-corrected chi connectivity index (χ2v) is 9.19. The van der Waals surface area contributed by atoms with E-state index in [1.807, 2.05) is 30.3 Å². The molecule has 1 heterocycles. The van der Waals surface area contributed by atoms with E-state index >= 15 is 0 Å². The first kappa shape index (κ1) is 24.2. The number of amides is 1. The maximum atomic E-state index is 13.6. The SMILES string of the molecule is COc1ccc(N(CC(=O)N(CCO)Cc2ccccc2)S(=O)(=O)c2ccccc2C)cn1. The number of aromatic nitrogens is 1. The van der Waals surface area contributed by atoms with Gasteiger partial charge in [-0.3, -0.25) is 9.10 Å². The molecule has 1 amide bonds. The van der Waals surface area contributed by atoms with Gasteiger partial charge in [0.2, 0.25) is 11.8 Å². The van der Waals surface area contributed by atoms with Gasteiger partial charge in [-0.1, -0.05) is 48.5 Å². The first-order valence-electron chi connectivity index (χ1n) is 10.4. The Hall–Kier alpha value is -3.43. The topological polar surface area (TPSA) is 100 Å². The van der Waals surface area contributed by atoms with Crippen molar-refractivity contribution in [2.45, 2.75) is 18.4 Å². The van der Waals surface area contributed by atoms with Crippen molar-refractivity contribution in [1.29, 1.82) is 0 Å². The van der Waals surface area contributed by atoms with Crippen molar-refractivity contribution in [1.82, 2.24) is 9.88 Å². The molecule has 8 nitrogen and oxygen atoms in total. The van der Waals surface area contributed by atoms with Gasteiger partial charge < -0.3 is 14.7 Å². The molecule has 33 heavy (non-hydrogen) atoms. The summed E-state index contributed by atoms with van der Waals surface area (Å²) < 4.78 is 33.4. The first-order valence-corrected chi connectivity index (χ1v) is 11.8. The van der Waals surface area contributed by atoms with Crippen LogP contribution >= 0.6 is 0 Å². The average molecular weight is 470 g/mol. The monoisotopic (exact) mass is 469 g/mol. The van der Waals surface area contributed by atoms with Crippen LogP contribution in [0.4, 0.5) is 5.69 Å². The van der Waals surface area contributed by atoms with Crippen LogP contribution in [0.1, 0.15) is 11.1 Å². The lowest BCUT2D eigenvalue weighted by Gasteiger charge is -2.28. The van der Waals surface area contributed by atoms with E-state index < -0.39 is 22.5 Å². The molecule has 3 rings (SSSR count). The van der Waals surface area contributed by atoms with E-state index in [0.29, 0.717) is 11.4 Å². The number of benzene rings is 2. The number of ether oxygens (including phenoxy) is 1. The normalized spacial score (nSPS) is 11.1. The molecule has 0 fully saturated rings. The molecule has 174 valence electrons. The van der Waals surface area contributed by atoms with Crippen LogP contribution in [0.25, 0.3) is 0 Å². The first-order chi connectivity index (χ1) is 15.9. The average Bonchev–Trinajstić information content (AvgIpc) is 2.83. The van der Waals surface area contributed by atoms with Crippen molar-refractivity contribution in [3.63, 3.8) is 0 Å². The minimum atomic E-state index is -4.08. The third-order valence-electron chi connectivity index (χ3n) is 5.10. The Morgan fingerprint density at radius 1 is 1.03 bits per heavy atom. The Balaban J connectivity index is 1.97. The number of aliphatic hydroxyl groups excluding tert-OH is 1. The summed E-state index contributed by atoms with van der Waals surface area (Å²) in [7, 11) is -2.62. The van der Waals surface area contributed by atoms with Gasteiger partial charge in [-0.05, 0) is 30.2 Å². The van der Waals surface area contributed by atoms with E-state index in [1.165, 1.54) is 30.3 Å². The van der Waals surface area contributed by atoms with E-state index in [4.69, 9.17) is 4.74 Å². The van der Waals surface area contributed by atoms with Crippen LogP contribution < -0.4 is 9.04 Å². The highest BCUT2D eigenvalue weighted by molar-refractivity contribution is 7.93. The standard InChI is InChI=1S/C24H27N3O5S/c1-19-8-6-7-11-22(19)33(30,31)27(21-12-13-23(32-2)25-16-21)18-24(29)26(14-15-28)17-20-9-4-3-5-10-20/h3-13,16,28H,14-15,17-18H2,1-2H3.